The molecule has 0 bridgehead atoms. The third kappa shape index (κ3) is 5.06. The van der Waals surface area contributed by atoms with Crippen LogP contribution in [0.2, 0.25) is 0 Å². The van der Waals surface area contributed by atoms with E-state index in [9.17, 15) is 4.79 Å². The zero-order chi connectivity index (χ0) is 21.8. The van der Waals surface area contributed by atoms with Gasteiger partial charge in [0.2, 0.25) is 0 Å². The van der Waals surface area contributed by atoms with Crippen LogP contribution in [0.15, 0.2) is 66.7 Å². The smallest absolute Gasteiger partial charge is 0.325 e. The monoisotopic (exact) mass is 419 g/mol. The topological polar surface area (TPSA) is 70.8 Å². The SMILES string of the molecule is Cc1ccc(O[C@@H]2[C@@H](Cc3cccc4ccccc34)COC[C@H](N)C(=O)O[C@H]2C)cc1. The first-order valence-corrected chi connectivity index (χ1v) is 10.7. The Morgan fingerprint density at radius 1 is 1.00 bits per heavy atom. The summed E-state index contributed by atoms with van der Waals surface area (Å²) < 4.78 is 17.9. The molecule has 0 aliphatic carbocycles. The second-order valence-electron chi connectivity index (χ2n) is 8.28. The fraction of sp³-hybridized carbons (Fsp3) is 0.346. The molecule has 0 radical (unpaired) electrons. The minimum absolute atomic E-state index is 0.0276. The summed E-state index contributed by atoms with van der Waals surface area (Å²) in [4.78, 5) is 12.3. The van der Waals surface area contributed by atoms with Crippen molar-refractivity contribution < 1.29 is 19.0 Å². The number of nitrogens with two attached hydrogens (primary N) is 1. The molecule has 1 aliphatic rings. The maximum Gasteiger partial charge on any atom is 0.325 e. The molecule has 0 aromatic heterocycles. The molecule has 3 aromatic rings. The van der Waals surface area contributed by atoms with Crippen LogP contribution in [0.25, 0.3) is 10.8 Å². The summed E-state index contributed by atoms with van der Waals surface area (Å²) >= 11 is 0. The second-order valence-corrected chi connectivity index (χ2v) is 8.28. The van der Waals surface area contributed by atoms with Gasteiger partial charge in [0, 0.05) is 5.92 Å². The Morgan fingerprint density at radius 2 is 1.74 bits per heavy atom. The number of fused-ring (bicyclic) bond motifs is 1. The van der Waals surface area contributed by atoms with Crippen LogP contribution in [0, 0.1) is 12.8 Å². The Balaban J connectivity index is 1.67. The first-order valence-electron chi connectivity index (χ1n) is 10.7. The predicted octanol–water partition coefficient (Wildman–Crippen LogP) is 4.04. The zero-order valence-electron chi connectivity index (χ0n) is 18.0. The predicted molar refractivity (Wildman–Crippen MR) is 121 cm³/mol. The lowest BCUT2D eigenvalue weighted by atomic mass is 9.89. The number of esters is 1. The van der Waals surface area contributed by atoms with E-state index in [1.54, 1.807) is 0 Å². The van der Waals surface area contributed by atoms with Gasteiger partial charge in [0.25, 0.3) is 0 Å². The first kappa shape index (κ1) is 21.3. The van der Waals surface area contributed by atoms with Crippen molar-refractivity contribution in [3.05, 3.63) is 77.9 Å². The number of carbonyl (C=O) groups is 1. The van der Waals surface area contributed by atoms with Crippen LogP contribution in [-0.4, -0.2) is 37.4 Å². The lowest BCUT2D eigenvalue weighted by Crippen LogP contribution is -2.43. The third-order valence-electron chi connectivity index (χ3n) is 5.82. The highest BCUT2D eigenvalue weighted by molar-refractivity contribution is 5.85. The summed E-state index contributed by atoms with van der Waals surface area (Å²) in [5, 5.41) is 2.40. The van der Waals surface area contributed by atoms with Crippen molar-refractivity contribution in [1.29, 1.82) is 0 Å². The van der Waals surface area contributed by atoms with Gasteiger partial charge in [-0.2, -0.15) is 0 Å². The largest absolute Gasteiger partial charge is 0.486 e. The Morgan fingerprint density at radius 3 is 2.55 bits per heavy atom. The Kier molecular flexibility index (Phi) is 6.54. The number of cyclic esters (lactones) is 1. The molecule has 5 heteroatoms. The zero-order valence-corrected chi connectivity index (χ0v) is 18.0. The molecule has 0 unspecified atom stereocenters. The molecule has 5 nitrogen and oxygen atoms in total. The van der Waals surface area contributed by atoms with Crippen molar-refractivity contribution in [2.75, 3.05) is 13.2 Å². The summed E-state index contributed by atoms with van der Waals surface area (Å²) in [5.74, 6) is 0.251. The highest BCUT2D eigenvalue weighted by Crippen LogP contribution is 2.28. The van der Waals surface area contributed by atoms with Gasteiger partial charge in [-0.15, -0.1) is 0 Å². The lowest BCUT2D eigenvalue weighted by Gasteiger charge is -2.31. The van der Waals surface area contributed by atoms with Crippen LogP contribution in [-0.2, 0) is 20.7 Å². The molecule has 4 rings (SSSR count). The molecule has 0 saturated carbocycles. The van der Waals surface area contributed by atoms with E-state index >= 15 is 0 Å². The molecule has 4 atom stereocenters. The number of aryl methyl sites for hydroxylation is 1. The first-order chi connectivity index (χ1) is 15.0. The number of carbonyl (C=O) groups excluding carboxylic acids is 1. The van der Waals surface area contributed by atoms with Crippen molar-refractivity contribution >= 4 is 16.7 Å². The van der Waals surface area contributed by atoms with E-state index in [1.165, 1.54) is 16.3 Å². The fourth-order valence-electron chi connectivity index (χ4n) is 4.12. The van der Waals surface area contributed by atoms with Gasteiger partial charge in [0.15, 0.2) is 0 Å². The van der Waals surface area contributed by atoms with Crippen LogP contribution in [0.3, 0.4) is 0 Å². The van der Waals surface area contributed by atoms with E-state index in [0.29, 0.717) is 6.61 Å². The number of ether oxygens (including phenoxy) is 3. The molecule has 2 N–H and O–H groups in total. The Labute approximate surface area is 183 Å². The minimum Gasteiger partial charge on any atom is -0.486 e. The van der Waals surface area contributed by atoms with Gasteiger partial charge in [0.05, 0.1) is 13.2 Å². The highest BCUT2D eigenvalue weighted by Gasteiger charge is 2.35. The molecule has 1 saturated heterocycles. The quantitative estimate of drug-likeness (QED) is 0.646. The van der Waals surface area contributed by atoms with Gasteiger partial charge >= 0.3 is 5.97 Å². The van der Waals surface area contributed by atoms with Crippen LogP contribution in [0.1, 0.15) is 18.1 Å². The lowest BCUT2D eigenvalue weighted by molar-refractivity contribution is -0.155. The molecule has 0 spiro atoms. The van der Waals surface area contributed by atoms with Gasteiger partial charge in [-0.3, -0.25) is 4.79 Å². The van der Waals surface area contributed by atoms with Crippen LogP contribution in [0.4, 0.5) is 0 Å². The van der Waals surface area contributed by atoms with Gasteiger partial charge in [0.1, 0.15) is 24.0 Å². The third-order valence-corrected chi connectivity index (χ3v) is 5.82. The second kappa shape index (κ2) is 9.50. The number of hydrogen-bond acceptors (Lipinski definition) is 5. The van der Waals surface area contributed by atoms with E-state index < -0.39 is 18.1 Å². The van der Waals surface area contributed by atoms with Crippen LogP contribution < -0.4 is 10.5 Å². The number of hydrogen-bond donors (Lipinski definition) is 1. The standard InChI is InChI=1S/C26H29NO4/c1-17-10-12-22(13-11-17)31-25-18(2)30-26(28)24(27)16-29-15-21(25)14-20-8-5-7-19-6-3-4-9-23(19)20/h3-13,18,21,24-25H,14-16,27H2,1-2H3/t18-,21-,24-,25-/m0/s1. The molecule has 1 fully saturated rings. The Bertz CT molecular complexity index is 1030. The van der Waals surface area contributed by atoms with Crippen LogP contribution in [0.5, 0.6) is 5.75 Å². The highest BCUT2D eigenvalue weighted by atomic mass is 16.6. The summed E-state index contributed by atoms with van der Waals surface area (Å²) in [6.45, 7) is 4.46. The van der Waals surface area contributed by atoms with E-state index in [2.05, 4.69) is 36.4 Å². The molecule has 1 heterocycles. The normalized spacial score (nSPS) is 24.7. The average Bonchev–Trinajstić information content (AvgIpc) is 2.81. The summed E-state index contributed by atoms with van der Waals surface area (Å²) in [6, 6.07) is 21.8. The fourth-order valence-corrected chi connectivity index (χ4v) is 4.12. The van der Waals surface area contributed by atoms with Crippen molar-refractivity contribution in [3.63, 3.8) is 0 Å². The summed E-state index contributed by atoms with van der Waals surface area (Å²) in [7, 11) is 0. The molecular formula is C26H29NO4. The average molecular weight is 420 g/mol. The Hall–Kier alpha value is -2.89. The van der Waals surface area contributed by atoms with Crippen LogP contribution >= 0.6 is 0 Å². The van der Waals surface area contributed by atoms with E-state index in [0.717, 1.165) is 17.7 Å². The van der Waals surface area contributed by atoms with Crippen molar-refractivity contribution in [2.45, 2.75) is 38.5 Å². The molecule has 1 aliphatic heterocycles. The number of rotatable bonds is 4. The van der Waals surface area contributed by atoms with E-state index in [-0.39, 0.29) is 18.6 Å². The van der Waals surface area contributed by atoms with Gasteiger partial charge in [-0.25, -0.2) is 0 Å². The molecule has 31 heavy (non-hydrogen) atoms. The maximum atomic E-state index is 12.3. The van der Waals surface area contributed by atoms with Crippen molar-refractivity contribution in [2.24, 2.45) is 11.7 Å². The van der Waals surface area contributed by atoms with E-state index in [1.807, 2.05) is 44.2 Å². The van der Waals surface area contributed by atoms with Gasteiger partial charge in [-0.05, 0) is 48.7 Å². The van der Waals surface area contributed by atoms with Gasteiger partial charge in [-0.1, -0.05) is 60.2 Å². The molecule has 3 aromatic carbocycles. The van der Waals surface area contributed by atoms with E-state index in [4.69, 9.17) is 19.9 Å². The molecule has 162 valence electrons. The number of benzene rings is 3. The molecule has 0 amide bonds. The van der Waals surface area contributed by atoms with Crippen molar-refractivity contribution in [1.82, 2.24) is 0 Å². The summed E-state index contributed by atoms with van der Waals surface area (Å²) in [5.41, 5.74) is 8.30. The summed E-state index contributed by atoms with van der Waals surface area (Å²) in [6.07, 6.45) is -0.118. The maximum absolute atomic E-state index is 12.3. The van der Waals surface area contributed by atoms with Gasteiger partial charge < -0.3 is 19.9 Å². The minimum atomic E-state index is -0.793. The van der Waals surface area contributed by atoms with Crippen molar-refractivity contribution in [3.8, 4) is 5.75 Å². The molecular weight excluding hydrogens is 390 g/mol.